The second-order valence-electron chi connectivity index (χ2n) is 9.97. The summed E-state index contributed by atoms with van der Waals surface area (Å²) in [7, 11) is -4.22. The van der Waals surface area contributed by atoms with Gasteiger partial charge in [-0.2, -0.15) is 0 Å². The van der Waals surface area contributed by atoms with Crippen LogP contribution in [0.15, 0.2) is 72.9 Å². The van der Waals surface area contributed by atoms with Gasteiger partial charge in [-0.25, -0.2) is 8.42 Å². The fourth-order valence-electron chi connectivity index (χ4n) is 4.70. The third-order valence-electron chi connectivity index (χ3n) is 6.86. The number of nitrogens with one attached hydrogen (secondary N) is 1. The molecule has 0 aliphatic carbocycles. The van der Waals surface area contributed by atoms with Gasteiger partial charge in [0.15, 0.2) is 5.75 Å². The highest BCUT2D eigenvalue weighted by Gasteiger charge is 2.26. The van der Waals surface area contributed by atoms with Crippen LogP contribution in [0, 0.1) is 5.41 Å². The number of aromatic nitrogens is 1. The van der Waals surface area contributed by atoms with Crippen LogP contribution < -0.4 is 14.8 Å². The molecule has 0 saturated carbocycles. The second-order valence-corrected chi connectivity index (χ2v) is 12.3. The Morgan fingerprint density at radius 1 is 1.17 bits per heavy atom. The van der Waals surface area contributed by atoms with Crippen LogP contribution in [-0.2, 0) is 21.2 Å². The van der Waals surface area contributed by atoms with E-state index in [1.165, 1.54) is 6.07 Å². The number of hydrogen-bond donors (Lipinski definition) is 3. The quantitative estimate of drug-likeness (QED) is 0.194. The fraction of sp³-hybridized carbons (Fsp3) is 0.300. The maximum Gasteiger partial charge on any atom is 0.320 e. The van der Waals surface area contributed by atoms with E-state index in [1.807, 2.05) is 18.2 Å². The lowest BCUT2D eigenvalue weighted by atomic mass is 10.1. The average molecular weight is 612 g/mol. The number of amidine groups is 1. The Bertz CT molecular complexity index is 1530. The Hall–Kier alpha value is -3.93. The van der Waals surface area contributed by atoms with Gasteiger partial charge >= 0.3 is 5.97 Å². The number of piperidine rings is 1. The first kappa shape index (κ1) is 31.0. The molecular formula is C30H34ClN5O5S. The number of rotatable bonds is 13. The molecule has 1 saturated heterocycles. The van der Waals surface area contributed by atoms with Crippen molar-refractivity contribution in [2.24, 2.45) is 5.73 Å². The Labute approximate surface area is 250 Å². The number of nitrogen functional groups attached to an aromatic ring is 1. The van der Waals surface area contributed by atoms with E-state index in [0.29, 0.717) is 16.9 Å². The van der Waals surface area contributed by atoms with Crippen LogP contribution in [-0.4, -0.2) is 73.2 Å². The molecule has 0 bridgehead atoms. The molecule has 4 rings (SSSR count). The molecule has 0 spiro atoms. The molecule has 42 heavy (non-hydrogen) atoms. The number of carboxylic acids is 1. The molecule has 1 aliphatic heterocycles. The Morgan fingerprint density at radius 3 is 2.62 bits per heavy atom. The predicted octanol–water partition coefficient (Wildman–Crippen LogP) is 4.04. The van der Waals surface area contributed by atoms with Crippen LogP contribution in [0.3, 0.4) is 0 Å². The second kappa shape index (κ2) is 14.3. The van der Waals surface area contributed by atoms with E-state index in [2.05, 4.69) is 9.88 Å². The molecule has 2 aromatic carbocycles. The van der Waals surface area contributed by atoms with Gasteiger partial charge in [-0.15, -0.1) is 0 Å². The first-order valence-corrected chi connectivity index (χ1v) is 15.5. The third kappa shape index (κ3) is 8.78. The molecule has 1 fully saturated rings. The summed E-state index contributed by atoms with van der Waals surface area (Å²) in [6, 6.07) is 17.5. The highest BCUT2D eigenvalue weighted by atomic mass is 35.5. The van der Waals surface area contributed by atoms with Gasteiger partial charge in [0.25, 0.3) is 0 Å². The van der Waals surface area contributed by atoms with Crippen molar-refractivity contribution < 1.29 is 23.1 Å². The number of pyridine rings is 1. The standard InChI is InChI=1S/C30H34ClN5O5S/c31-27-20-25(9-10-28(27)41-26-12-17-35(18-13-26)16-11-24-8-1-2-14-34-24)36(42(39,40)21-29(37)38)15-4-6-22-5-3-7-23(19-22)30(32)33/h1-10,14,19-20,26H,11-13,15-18,21H2,(H3,32,33)(H,37,38). The normalized spacial score (nSPS) is 14.6. The number of nitrogens with two attached hydrogens (primary N) is 1. The van der Waals surface area contributed by atoms with E-state index in [1.54, 1.807) is 54.7 Å². The molecule has 1 aromatic heterocycles. The van der Waals surface area contributed by atoms with Crippen molar-refractivity contribution >= 4 is 45.2 Å². The van der Waals surface area contributed by atoms with E-state index >= 15 is 0 Å². The molecular weight excluding hydrogens is 578 g/mol. The molecule has 222 valence electrons. The monoisotopic (exact) mass is 611 g/mol. The lowest BCUT2D eigenvalue weighted by Gasteiger charge is -2.32. The van der Waals surface area contributed by atoms with E-state index < -0.39 is 21.7 Å². The summed E-state index contributed by atoms with van der Waals surface area (Å²) in [4.78, 5) is 18.1. The van der Waals surface area contributed by atoms with Crippen molar-refractivity contribution in [3.05, 3.63) is 94.8 Å². The number of nitrogens with zero attached hydrogens (tertiary/aromatic N) is 3. The zero-order valence-corrected chi connectivity index (χ0v) is 24.6. The number of likely N-dealkylation sites (tertiary alicyclic amines) is 1. The van der Waals surface area contributed by atoms with Crippen molar-refractivity contribution in [2.75, 3.05) is 36.2 Å². The molecule has 4 N–H and O–H groups in total. The zero-order chi connectivity index (χ0) is 30.1. The number of anilines is 1. The highest BCUT2D eigenvalue weighted by molar-refractivity contribution is 7.93. The number of carboxylic acid groups (broad SMARTS) is 1. The minimum Gasteiger partial charge on any atom is -0.489 e. The number of hydrogen-bond acceptors (Lipinski definition) is 7. The first-order chi connectivity index (χ1) is 20.1. The summed E-state index contributed by atoms with van der Waals surface area (Å²) < 4.78 is 33.2. The fourth-order valence-corrected chi connectivity index (χ4v) is 6.13. The minimum absolute atomic E-state index is 0.0278. The maximum atomic E-state index is 13.0. The summed E-state index contributed by atoms with van der Waals surface area (Å²) in [5, 5.41) is 17.0. The SMILES string of the molecule is N=C(N)c1cccc(C=CCN(c2ccc(OC3CCN(CCc4ccccn4)CC3)c(Cl)c2)S(=O)(=O)CC(=O)O)c1. The summed E-state index contributed by atoms with van der Waals surface area (Å²) in [6.45, 7) is 2.57. The number of benzene rings is 2. The number of halogens is 1. The number of aliphatic carboxylic acids is 1. The first-order valence-electron chi connectivity index (χ1n) is 13.5. The van der Waals surface area contributed by atoms with E-state index in [-0.39, 0.29) is 29.2 Å². The summed E-state index contributed by atoms with van der Waals surface area (Å²) in [5.74, 6) is -2.18. The molecule has 3 aromatic rings. The van der Waals surface area contributed by atoms with Gasteiger partial charge in [0.1, 0.15) is 17.7 Å². The van der Waals surface area contributed by atoms with Gasteiger partial charge in [0.05, 0.1) is 17.3 Å². The molecule has 2 heterocycles. The molecule has 0 atom stereocenters. The van der Waals surface area contributed by atoms with Crippen LogP contribution in [0.4, 0.5) is 5.69 Å². The molecule has 0 amide bonds. The largest absolute Gasteiger partial charge is 0.489 e. The summed E-state index contributed by atoms with van der Waals surface area (Å²) in [6.07, 6.45) is 7.60. The highest BCUT2D eigenvalue weighted by Crippen LogP contribution is 2.32. The van der Waals surface area contributed by atoms with Crippen molar-refractivity contribution in [1.82, 2.24) is 9.88 Å². The Balaban J connectivity index is 1.41. The number of sulfonamides is 1. The van der Waals surface area contributed by atoms with Crippen molar-refractivity contribution in [1.29, 1.82) is 5.41 Å². The Kier molecular flexibility index (Phi) is 10.6. The van der Waals surface area contributed by atoms with E-state index in [4.69, 9.17) is 27.5 Å². The molecule has 0 radical (unpaired) electrons. The molecule has 12 heteroatoms. The van der Waals surface area contributed by atoms with Crippen molar-refractivity contribution in [2.45, 2.75) is 25.4 Å². The Morgan fingerprint density at radius 2 is 1.95 bits per heavy atom. The van der Waals surface area contributed by atoms with Crippen LogP contribution >= 0.6 is 11.6 Å². The summed E-state index contributed by atoms with van der Waals surface area (Å²) >= 11 is 6.54. The van der Waals surface area contributed by atoms with Crippen LogP contribution in [0.25, 0.3) is 6.08 Å². The number of carbonyl (C=O) groups is 1. The topological polar surface area (TPSA) is 150 Å². The average Bonchev–Trinajstić information content (AvgIpc) is 2.96. The van der Waals surface area contributed by atoms with Crippen LogP contribution in [0.1, 0.15) is 29.7 Å². The lowest BCUT2D eigenvalue weighted by Crippen LogP contribution is -2.39. The summed E-state index contributed by atoms with van der Waals surface area (Å²) in [5.41, 5.74) is 8.09. The molecule has 0 unspecified atom stereocenters. The minimum atomic E-state index is -4.22. The molecule has 1 aliphatic rings. The van der Waals surface area contributed by atoms with Gasteiger partial charge in [0.2, 0.25) is 10.0 Å². The smallest absolute Gasteiger partial charge is 0.320 e. The van der Waals surface area contributed by atoms with Gasteiger partial charge in [-0.05, 0) is 54.8 Å². The third-order valence-corrected chi connectivity index (χ3v) is 8.80. The van der Waals surface area contributed by atoms with Crippen LogP contribution in [0.2, 0.25) is 5.02 Å². The maximum absolute atomic E-state index is 13.0. The zero-order valence-electron chi connectivity index (χ0n) is 23.0. The van der Waals surface area contributed by atoms with Gasteiger partial charge in [-0.3, -0.25) is 19.5 Å². The molecule has 10 nitrogen and oxygen atoms in total. The number of ether oxygens (including phenoxy) is 1. The van der Waals surface area contributed by atoms with Crippen molar-refractivity contribution in [3.8, 4) is 5.75 Å². The van der Waals surface area contributed by atoms with E-state index in [9.17, 15) is 18.3 Å². The van der Waals surface area contributed by atoms with E-state index in [0.717, 1.165) is 48.9 Å². The van der Waals surface area contributed by atoms with Gasteiger partial charge in [0, 0.05) is 43.5 Å². The van der Waals surface area contributed by atoms with Crippen molar-refractivity contribution in [3.63, 3.8) is 0 Å². The lowest BCUT2D eigenvalue weighted by molar-refractivity contribution is -0.134. The van der Waals surface area contributed by atoms with Gasteiger partial charge in [-0.1, -0.05) is 48.0 Å². The van der Waals surface area contributed by atoms with Gasteiger partial charge < -0.3 is 20.5 Å². The van der Waals surface area contributed by atoms with Crippen LogP contribution in [0.5, 0.6) is 5.75 Å². The predicted molar refractivity (Wildman–Crippen MR) is 165 cm³/mol.